The van der Waals surface area contributed by atoms with Gasteiger partial charge in [0.15, 0.2) is 0 Å². The molecule has 19 heavy (non-hydrogen) atoms. The van der Waals surface area contributed by atoms with Crippen LogP contribution in [0.3, 0.4) is 0 Å². The molecule has 5 heteroatoms. The minimum atomic E-state index is -0.0475. The van der Waals surface area contributed by atoms with Crippen LogP contribution in [-0.4, -0.2) is 60.5 Å². The van der Waals surface area contributed by atoms with Gasteiger partial charge >= 0.3 is 0 Å². The van der Waals surface area contributed by atoms with Crippen LogP contribution in [0.2, 0.25) is 0 Å². The quantitative estimate of drug-likeness (QED) is 0.718. The summed E-state index contributed by atoms with van der Waals surface area (Å²) in [6, 6.07) is 0.332. The lowest BCUT2D eigenvalue weighted by atomic mass is 9.99. The van der Waals surface area contributed by atoms with Gasteiger partial charge in [-0.05, 0) is 25.7 Å². The Morgan fingerprint density at radius 1 is 1.11 bits per heavy atom. The summed E-state index contributed by atoms with van der Waals surface area (Å²) in [5.74, 6) is -0.0447. The fourth-order valence-corrected chi connectivity index (χ4v) is 2.91. The molecule has 0 spiro atoms. The van der Waals surface area contributed by atoms with E-state index in [1.807, 2.05) is 4.90 Å². The molecular weight excluding hydrogens is 244 g/mol. The lowest BCUT2D eigenvalue weighted by Crippen LogP contribution is -2.47. The second-order valence-electron chi connectivity index (χ2n) is 5.31. The van der Waals surface area contributed by atoms with Crippen molar-refractivity contribution >= 4 is 11.8 Å². The Morgan fingerprint density at radius 3 is 2.53 bits per heavy atom. The summed E-state index contributed by atoms with van der Waals surface area (Å²) in [5.41, 5.74) is 0. The number of morpholine rings is 1. The van der Waals surface area contributed by atoms with E-state index in [2.05, 4.69) is 6.92 Å². The van der Waals surface area contributed by atoms with Gasteiger partial charge in [0.2, 0.25) is 11.8 Å². The molecule has 2 fully saturated rings. The molecule has 2 heterocycles. The standard InChI is InChI=1S/C14H24N2O3/c1-2-12-5-3-4-6-16(12)14(18)11-13(17)15-7-9-19-10-8-15/h12H,2-11H2,1H3. The van der Waals surface area contributed by atoms with Crippen LogP contribution in [0.1, 0.15) is 39.0 Å². The molecule has 1 atom stereocenters. The highest BCUT2D eigenvalue weighted by molar-refractivity contribution is 5.97. The number of ether oxygens (including phenoxy) is 1. The van der Waals surface area contributed by atoms with Crippen LogP contribution in [0.15, 0.2) is 0 Å². The molecule has 2 saturated heterocycles. The maximum absolute atomic E-state index is 12.3. The third-order valence-corrected chi connectivity index (χ3v) is 4.08. The Morgan fingerprint density at radius 2 is 1.84 bits per heavy atom. The van der Waals surface area contributed by atoms with Crippen LogP contribution in [0.25, 0.3) is 0 Å². The number of rotatable bonds is 3. The van der Waals surface area contributed by atoms with Gasteiger partial charge in [0.25, 0.3) is 0 Å². The molecule has 2 amide bonds. The first-order valence-electron chi connectivity index (χ1n) is 7.37. The Labute approximate surface area is 114 Å². The number of piperidine rings is 1. The molecule has 0 N–H and O–H groups in total. The first-order valence-corrected chi connectivity index (χ1v) is 7.37. The molecule has 0 radical (unpaired) electrons. The van der Waals surface area contributed by atoms with Gasteiger partial charge in [0.05, 0.1) is 13.2 Å². The van der Waals surface area contributed by atoms with Gasteiger partial charge in [-0.1, -0.05) is 6.92 Å². The van der Waals surface area contributed by atoms with Gasteiger partial charge in [-0.25, -0.2) is 0 Å². The van der Waals surface area contributed by atoms with Crippen LogP contribution in [0.5, 0.6) is 0 Å². The predicted octanol–water partition coefficient (Wildman–Crippen LogP) is 1.03. The third kappa shape index (κ3) is 3.69. The maximum atomic E-state index is 12.3. The predicted molar refractivity (Wildman–Crippen MR) is 71.7 cm³/mol. The minimum Gasteiger partial charge on any atom is -0.378 e. The van der Waals surface area contributed by atoms with E-state index in [9.17, 15) is 9.59 Å². The van der Waals surface area contributed by atoms with E-state index < -0.39 is 0 Å². The van der Waals surface area contributed by atoms with Gasteiger partial charge in [-0.3, -0.25) is 9.59 Å². The van der Waals surface area contributed by atoms with Crippen molar-refractivity contribution in [2.75, 3.05) is 32.8 Å². The van der Waals surface area contributed by atoms with Gasteiger partial charge in [-0.15, -0.1) is 0 Å². The summed E-state index contributed by atoms with van der Waals surface area (Å²) in [4.78, 5) is 28.0. The van der Waals surface area contributed by atoms with Crippen molar-refractivity contribution in [2.45, 2.75) is 45.1 Å². The molecule has 2 aliphatic rings. The summed E-state index contributed by atoms with van der Waals surface area (Å²) in [6.45, 7) is 5.32. The molecule has 2 rings (SSSR count). The zero-order valence-electron chi connectivity index (χ0n) is 11.8. The van der Waals surface area contributed by atoms with E-state index in [-0.39, 0.29) is 18.2 Å². The average molecular weight is 268 g/mol. The van der Waals surface area contributed by atoms with Crippen LogP contribution < -0.4 is 0 Å². The topological polar surface area (TPSA) is 49.9 Å². The Bertz CT molecular complexity index is 327. The smallest absolute Gasteiger partial charge is 0.232 e. The fourth-order valence-electron chi connectivity index (χ4n) is 2.91. The van der Waals surface area contributed by atoms with E-state index in [1.54, 1.807) is 4.90 Å². The first kappa shape index (κ1) is 14.3. The summed E-state index contributed by atoms with van der Waals surface area (Å²) in [7, 11) is 0. The fraction of sp³-hybridized carbons (Fsp3) is 0.857. The van der Waals surface area contributed by atoms with E-state index in [4.69, 9.17) is 4.74 Å². The molecule has 0 aromatic rings. The van der Waals surface area contributed by atoms with Crippen molar-refractivity contribution in [1.29, 1.82) is 0 Å². The summed E-state index contributed by atoms with van der Waals surface area (Å²) >= 11 is 0. The first-order chi connectivity index (χ1) is 9.22. The highest BCUT2D eigenvalue weighted by atomic mass is 16.5. The van der Waals surface area contributed by atoms with Gasteiger partial charge < -0.3 is 14.5 Å². The lowest BCUT2D eigenvalue weighted by Gasteiger charge is -2.36. The summed E-state index contributed by atoms with van der Waals surface area (Å²) < 4.78 is 5.22. The van der Waals surface area contributed by atoms with E-state index >= 15 is 0 Å². The zero-order chi connectivity index (χ0) is 13.7. The van der Waals surface area contributed by atoms with Crippen molar-refractivity contribution in [3.8, 4) is 0 Å². The number of likely N-dealkylation sites (tertiary alicyclic amines) is 1. The van der Waals surface area contributed by atoms with E-state index in [1.165, 1.54) is 6.42 Å². The van der Waals surface area contributed by atoms with Gasteiger partial charge in [-0.2, -0.15) is 0 Å². The van der Waals surface area contributed by atoms with Crippen molar-refractivity contribution < 1.29 is 14.3 Å². The highest BCUT2D eigenvalue weighted by Crippen LogP contribution is 2.20. The molecule has 1 unspecified atom stereocenters. The van der Waals surface area contributed by atoms with Crippen LogP contribution in [0.4, 0.5) is 0 Å². The van der Waals surface area contributed by atoms with Gasteiger partial charge in [0, 0.05) is 25.7 Å². The molecule has 108 valence electrons. The van der Waals surface area contributed by atoms with Crippen molar-refractivity contribution in [3.63, 3.8) is 0 Å². The number of amides is 2. The second kappa shape index (κ2) is 6.89. The molecule has 0 bridgehead atoms. The van der Waals surface area contributed by atoms with Crippen LogP contribution in [-0.2, 0) is 14.3 Å². The van der Waals surface area contributed by atoms with E-state index in [0.717, 1.165) is 25.8 Å². The average Bonchev–Trinajstić information content (AvgIpc) is 2.48. The number of hydrogen-bond acceptors (Lipinski definition) is 3. The number of carbonyl (C=O) groups is 2. The molecule has 5 nitrogen and oxygen atoms in total. The molecule has 0 saturated carbocycles. The lowest BCUT2D eigenvalue weighted by molar-refractivity contribution is -0.144. The summed E-state index contributed by atoms with van der Waals surface area (Å²) in [5, 5.41) is 0. The largest absolute Gasteiger partial charge is 0.378 e. The maximum Gasteiger partial charge on any atom is 0.232 e. The second-order valence-corrected chi connectivity index (χ2v) is 5.31. The third-order valence-electron chi connectivity index (χ3n) is 4.08. The van der Waals surface area contributed by atoms with Crippen molar-refractivity contribution in [2.24, 2.45) is 0 Å². The Balaban J connectivity index is 1.86. The van der Waals surface area contributed by atoms with E-state index in [0.29, 0.717) is 32.3 Å². The monoisotopic (exact) mass is 268 g/mol. The van der Waals surface area contributed by atoms with Crippen LogP contribution in [0, 0.1) is 0 Å². The highest BCUT2D eigenvalue weighted by Gasteiger charge is 2.28. The number of hydrogen-bond donors (Lipinski definition) is 0. The number of carbonyl (C=O) groups excluding carboxylic acids is 2. The Kier molecular flexibility index (Phi) is 5.19. The normalized spacial score (nSPS) is 24.4. The molecular formula is C14H24N2O3. The molecule has 0 aromatic heterocycles. The summed E-state index contributed by atoms with van der Waals surface area (Å²) in [6.07, 6.45) is 4.34. The molecule has 0 aromatic carbocycles. The Hall–Kier alpha value is -1.10. The zero-order valence-corrected chi connectivity index (χ0v) is 11.8. The number of nitrogens with zero attached hydrogens (tertiary/aromatic N) is 2. The van der Waals surface area contributed by atoms with Crippen molar-refractivity contribution in [1.82, 2.24) is 9.80 Å². The van der Waals surface area contributed by atoms with Crippen LogP contribution >= 0.6 is 0 Å². The molecule has 0 aliphatic carbocycles. The SMILES string of the molecule is CCC1CCCCN1C(=O)CC(=O)N1CCOCC1. The minimum absolute atomic E-state index is 0.00282. The van der Waals surface area contributed by atoms with Crippen molar-refractivity contribution in [3.05, 3.63) is 0 Å². The molecule has 2 aliphatic heterocycles. The van der Waals surface area contributed by atoms with Gasteiger partial charge in [0.1, 0.15) is 6.42 Å².